The molecule has 0 saturated carbocycles. The lowest BCUT2D eigenvalue weighted by molar-refractivity contribution is 0.689. The van der Waals surface area contributed by atoms with Gasteiger partial charge in [0.1, 0.15) is 0 Å². The molecule has 0 heterocycles. The summed E-state index contributed by atoms with van der Waals surface area (Å²) >= 11 is 0. The monoisotopic (exact) mass is 220 g/mol. The molecule has 0 aliphatic heterocycles. The quantitative estimate of drug-likeness (QED) is 0.845. The lowest BCUT2D eigenvalue weighted by Crippen LogP contribution is -2.12. The Labute approximate surface area is 99.5 Å². The number of nitrogens with zero attached hydrogens (tertiary/aromatic N) is 1. The van der Waals surface area contributed by atoms with Gasteiger partial charge < -0.3 is 10.6 Å². The number of hydrogen-bond acceptors (Lipinski definition) is 2. The van der Waals surface area contributed by atoms with Crippen LogP contribution in [0.3, 0.4) is 0 Å². The highest BCUT2D eigenvalue weighted by Crippen LogP contribution is 2.28. The Morgan fingerprint density at radius 3 is 2.38 bits per heavy atom. The highest BCUT2D eigenvalue weighted by molar-refractivity contribution is 5.57. The predicted octanol–water partition coefficient (Wildman–Crippen LogP) is 2.82. The van der Waals surface area contributed by atoms with Crippen LogP contribution in [-0.2, 0) is 0 Å². The van der Waals surface area contributed by atoms with Crippen molar-refractivity contribution in [2.75, 3.05) is 25.5 Å². The Morgan fingerprint density at radius 2 is 1.88 bits per heavy atom. The van der Waals surface area contributed by atoms with Gasteiger partial charge in [0, 0.05) is 19.8 Å². The molecule has 2 nitrogen and oxygen atoms in total. The topological polar surface area (TPSA) is 29.3 Å². The zero-order valence-corrected chi connectivity index (χ0v) is 11.2. The molecule has 0 aliphatic carbocycles. The molecular formula is C14H24N2. The molecule has 0 saturated heterocycles. The first-order chi connectivity index (χ1) is 7.47. The maximum Gasteiger partial charge on any atom is 0.0396 e. The van der Waals surface area contributed by atoms with Gasteiger partial charge in [-0.15, -0.1) is 0 Å². The molecule has 1 aromatic rings. The third-order valence-corrected chi connectivity index (χ3v) is 3.31. The van der Waals surface area contributed by atoms with Gasteiger partial charge in [-0.05, 0) is 55.5 Å². The molecule has 2 N–H and O–H groups in total. The van der Waals surface area contributed by atoms with Crippen LogP contribution in [-0.4, -0.2) is 20.6 Å². The van der Waals surface area contributed by atoms with Crippen molar-refractivity contribution in [2.45, 2.75) is 33.1 Å². The molecule has 1 rings (SSSR count). The second-order valence-electron chi connectivity index (χ2n) is 4.85. The number of rotatable bonds is 4. The number of nitrogens with two attached hydrogens (primary N) is 1. The van der Waals surface area contributed by atoms with Crippen LogP contribution >= 0.6 is 0 Å². The van der Waals surface area contributed by atoms with Gasteiger partial charge in [0.15, 0.2) is 0 Å². The Hall–Kier alpha value is -1.02. The van der Waals surface area contributed by atoms with E-state index in [2.05, 4.69) is 51.9 Å². The minimum Gasteiger partial charge on any atom is -0.377 e. The second-order valence-corrected chi connectivity index (χ2v) is 4.85. The molecule has 0 amide bonds. The summed E-state index contributed by atoms with van der Waals surface area (Å²) in [6.45, 7) is 7.37. The first-order valence-electron chi connectivity index (χ1n) is 5.96. The first kappa shape index (κ1) is 13.0. The maximum atomic E-state index is 5.62. The lowest BCUT2D eigenvalue weighted by Gasteiger charge is -2.21. The highest BCUT2D eigenvalue weighted by atomic mass is 15.1. The van der Waals surface area contributed by atoms with E-state index in [4.69, 9.17) is 5.73 Å². The normalized spacial score (nSPS) is 12.6. The zero-order chi connectivity index (χ0) is 12.3. The lowest BCUT2D eigenvalue weighted by atomic mass is 9.93. The molecule has 0 spiro atoms. The van der Waals surface area contributed by atoms with Crippen molar-refractivity contribution in [3.63, 3.8) is 0 Å². The van der Waals surface area contributed by atoms with Crippen molar-refractivity contribution in [1.82, 2.24) is 0 Å². The summed E-state index contributed by atoms with van der Waals surface area (Å²) in [5.74, 6) is 0.544. The minimum absolute atomic E-state index is 0.544. The van der Waals surface area contributed by atoms with Gasteiger partial charge in [0.2, 0.25) is 0 Å². The number of anilines is 1. The SMILES string of the molecule is Cc1cc(C(C)CCN)cc(N(C)C)c1C. The summed E-state index contributed by atoms with van der Waals surface area (Å²) in [6.07, 6.45) is 1.05. The molecule has 16 heavy (non-hydrogen) atoms. The van der Waals surface area contributed by atoms with Gasteiger partial charge in [0.25, 0.3) is 0 Å². The molecule has 1 aromatic carbocycles. The van der Waals surface area contributed by atoms with Crippen LogP contribution in [0.25, 0.3) is 0 Å². The summed E-state index contributed by atoms with van der Waals surface area (Å²) in [6, 6.07) is 4.59. The fourth-order valence-electron chi connectivity index (χ4n) is 2.03. The van der Waals surface area contributed by atoms with Gasteiger partial charge in [-0.1, -0.05) is 13.0 Å². The molecule has 0 radical (unpaired) electrons. The number of hydrogen-bond donors (Lipinski definition) is 1. The van der Waals surface area contributed by atoms with E-state index in [0.29, 0.717) is 5.92 Å². The largest absolute Gasteiger partial charge is 0.377 e. The molecule has 2 heteroatoms. The van der Waals surface area contributed by atoms with E-state index >= 15 is 0 Å². The number of aryl methyl sites for hydroxylation is 1. The Kier molecular flexibility index (Phi) is 4.36. The van der Waals surface area contributed by atoms with Crippen molar-refractivity contribution in [2.24, 2.45) is 5.73 Å². The van der Waals surface area contributed by atoms with Gasteiger partial charge in [-0.3, -0.25) is 0 Å². The van der Waals surface area contributed by atoms with Crippen LogP contribution in [0.1, 0.15) is 36.0 Å². The van der Waals surface area contributed by atoms with Crippen LogP contribution in [0.5, 0.6) is 0 Å². The summed E-state index contributed by atoms with van der Waals surface area (Å²) in [4.78, 5) is 2.18. The molecule has 90 valence electrons. The minimum atomic E-state index is 0.544. The summed E-state index contributed by atoms with van der Waals surface area (Å²) in [5.41, 5.74) is 11.1. The fourth-order valence-corrected chi connectivity index (χ4v) is 2.03. The molecule has 0 aliphatic rings. The predicted molar refractivity (Wildman–Crippen MR) is 72.3 cm³/mol. The van der Waals surface area contributed by atoms with Crippen LogP contribution in [0.15, 0.2) is 12.1 Å². The summed E-state index contributed by atoms with van der Waals surface area (Å²) < 4.78 is 0. The van der Waals surface area contributed by atoms with Gasteiger partial charge in [0.05, 0.1) is 0 Å². The molecule has 1 atom stereocenters. The maximum absolute atomic E-state index is 5.62. The van der Waals surface area contributed by atoms with Crippen molar-refractivity contribution < 1.29 is 0 Å². The molecular weight excluding hydrogens is 196 g/mol. The Morgan fingerprint density at radius 1 is 1.25 bits per heavy atom. The van der Waals surface area contributed by atoms with Crippen molar-refractivity contribution >= 4 is 5.69 Å². The average Bonchev–Trinajstić information content (AvgIpc) is 2.21. The Balaban J connectivity index is 3.13. The van der Waals surface area contributed by atoms with E-state index in [1.165, 1.54) is 22.4 Å². The fraction of sp³-hybridized carbons (Fsp3) is 0.571. The van der Waals surface area contributed by atoms with E-state index < -0.39 is 0 Å². The van der Waals surface area contributed by atoms with Crippen molar-refractivity contribution in [3.8, 4) is 0 Å². The van der Waals surface area contributed by atoms with Gasteiger partial charge in [-0.2, -0.15) is 0 Å². The summed E-state index contributed by atoms with van der Waals surface area (Å²) in [5, 5.41) is 0. The molecule has 0 bridgehead atoms. The van der Waals surface area contributed by atoms with E-state index in [-0.39, 0.29) is 0 Å². The van der Waals surface area contributed by atoms with Crippen LogP contribution in [0, 0.1) is 13.8 Å². The van der Waals surface area contributed by atoms with Crippen LogP contribution in [0.4, 0.5) is 5.69 Å². The van der Waals surface area contributed by atoms with Crippen molar-refractivity contribution in [3.05, 3.63) is 28.8 Å². The van der Waals surface area contributed by atoms with Gasteiger partial charge >= 0.3 is 0 Å². The average molecular weight is 220 g/mol. The summed E-state index contributed by atoms with van der Waals surface area (Å²) in [7, 11) is 4.19. The number of benzene rings is 1. The standard InChI is InChI=1S/C14H24N2/c1-10(6-7-15)13-8-11(2)12(3)14(9-13)16(4)5/h8-10H,6-7,15H2,1-5H3. The van der Waals surface area contributed by atoms with Gasteiger partial charge in [-0.25, -0.2) is 0 Å². The second kappa shape index (κ2) is 5.35. The smallest absolute Gasteiger partial charge is 0.0396 e. The Bertz CT molecular complexity index is 356. The third-order valence-electron chi connectivity index (χ3n) is 3.31. The molecule has 1 unspecified atom stereocenters. The molecule has 0 aromatic heterocycles. The van der Waals surface area contributed by atoms with E-state index in [0.717, 1.165) is 13.0 Å². The molecule has 0 fully saturated rings. The van der Waals surface area contributed by atoms with Crippen molar-refractivity contribution in [1.29, 1.82) is 0 Å². The van der Waals surface area contributed by atoms with Crippen LogP contribution in [0.2, 0.25) is 0 Å². The zero-order valence-electron chi connectivity index (χ0n) is 11.2. The van der Waals surface area contributed by atoms with Crippen LogP contribution < -0.4 is 10.6 Å². The van der Waals surface area contributed by atoms with E-state index in [1.807, 2.05) is 0 Å². The third kappa shape index (κ3) is 2.76. The van der Waals surface area contributed by atoms with E-state index in [1.54, 1.807) is 0 Å². The first-order valence-corrected chi connectivity index (χ1v) is 5.96. The highest BCUT2D eigenvalue weighted by Gasteiger charge is 2.10. The van der Waals surface area contributed by atoms with E-state index in [9.17, 15) is 0 Å².